The van der Waals surface area contributed by atoms with Crippen LogP contribution in [0.3, 0.4) is 0 Å². The molecule has 2 atom stereocenters. The van der Waals surface area contributed by atoms with Gasteiger partial charge >= 0.3 is 12.0 Å². The minimum atomic E-state index is -0.993. The Morgan fingerprint density at radius 3 is 2.52 bits per heavy atom. The Balaban J connectivity index is 2.13. The number of aromatic carboxylic acids is 1. The molecular weight excluding hydrogens is 288 g/mol. The van der Waals surface area contributed by atoms with E-state index in [1.54, 1.807) is 11.8 Å². The topological polar surface area (TPSA) is 69.6 Å². The first-order valence-corrected chi connectivity index (χ1v) is 8.02. The van der Waals surface area contributed by atoms with Crippen molar-refractivity contribution in [2.75, 3.05) is 18.4 Å². The van der Waals surface area contributed by atoms with Crippen LogP contribution >= 0.6 is 11.3 Å². The van der Waals surface area contributed by atoms with Gasteiger partial charge in [0, 0.05) is 18.0 Å². The Morgan fingerprint density at radius 1 is 1.29 bits per heavy atom. The molecule has 1 aliphatic rings. The van der Waals surface area contributed by atoms with Crippen molar-refractivity contribution in [3.63, 3.8) is 0 Å². The lowest BCUT2D eigenvalue weighted by Crippen LogP contribution is -2.44. The molecule has 6 heteroatoms. The second kappa shape index (κ2) is 6.05. The molecule has 0 radical (unpaired) electrons. The number of likely N-dealkylation sites (tertiary alicyclic amines) is 1. The van der Waals surface area contributed by atoms with Crippen LogP contribution < -0.4 is 5.32 Å². The predicted molar refractivity (Wildman–Crippen MR) is 84.3 cm³/mol. The van der Waals surface area contributed by atoms with Crippen molar-refractivity contribution < 1.29 is 14.7 Å². The van der Waals surface area contributed by atoms with Crippen molar-refractivity contribution in [3.8, 4) is 0 Å². The minimum absolute atomic E-state index is 0.197. The summed E-state index contributed by atoms with van der Waals surface area (Å²) in [4.78, 5) is 26.4. The summed E-state index contributed by atoms with van der Waals surface area (Å²) in [6, 6.07) is -0.197. The fourth-order valence-corrected chi connectivity index (χ4v) is 3.64. The smallest absolute Gasteiger partial charge is 0.338 e. The summed E-state index contributed by atoms with van der Waals surface area (Å²) in [6.07, 6.45) is 0.989. The maximum atomic E-state index is 12.3. The summed E-state index contributed by atoms with van der Waals surface area (Å²) in [5, 5.41) is 12.5. The number of urea groups is 1. The highest BCUT2D eigenvalue weighted by Gasteiger charge is 2.27. The number of rotatable bonds is 2. The van der Waals surface area contributed by atoms with E-state index in [0.717, 1.165) is 30.0 Å². The zero-order chi connectivity index (χ0) is 15.7. The Hall–Kier alpha value is -1.56. The minimum Gasteiger partial charge on any atom is -0.478 e. The van der Waals surface area contributed by atoms with E-state index in [2.05, 4.69) is 19.2 Å². The Bertz CT molecular complexity index is 568. The van der Waals surface area contributed by atoms with Crippen LogP contribution in [0.2, 0.25) is 0 Å². The zero-order valence-electron chi connectivity index (χ0n) is 12.9. The van der Waals surface area contributed by atoms with Gasteiger partial charge in [-0.3, -0.25) is 5.32 Å². The maximum Gasteiger partial charge on any atom is 0.338 e. The first-order valence-electron chi connectivity index (χ1n) is 7.20. The number of hydrogen-bond donors (Lipinski definition) is 2. The largest absolute Gasteiger partial charge is 0.478 e. The van der Waals surface area contributed by atoms with Crippen molar-refractivity contribution in [2.24, 2.45) is 11.8 Å². The summed E-state index contributed by atoms with van der Waals surface area (Å²) in [5.74, 6) is 0.0953. The van der Waals surface area contributed by atoms with E-state index in [1.807, 2.05) is 6.92 Å². The molecule has 1 fully saturated rings. The van der Waals surface area contributed by atoms with Gasteiger partial charge in [0.25, 0.3) is 0 Å². The number of carboxylic acid groups (broad SMARTS) is 1. The zero-order valence-corrected chi connectivity index (χ0v) is 13.7. The van der Waals surface area contributed by atoms with E-state index in [4.69, 9.17) is 0 Å². The maximum absolute atomic E-state index is 12.3. The molecule has 1 aliphatic heterocycles. The van der Waals surface area contributed by atoms with Crippen LogP contribution in [0.5, 0.6) is 0 Å². The second-order valence-electron chi connectivity index (χ2n) is 5.91. The number of carboxylic acids is 1. The van der Waals surface area contributed by atoms with Crippen molar-refractivity contribution in [1.29, 1.82) is 0 Å². The normalized spacial score (nSPS) is 22.2. The van der Waals surface area contributed by atoms with Crippen LogP contribution in [0.25, 0.3) is 0 Å². The van der Waals surface area contributed by atoms with Gasteiger partial charge in [0.2, 0.25) is 0 Å². The number of thiophene rings is 1. The molecule has 0 saturated carbocycles. The summed E-state index contributed by atoms with van der Waals surface area (Å²) in [7, 11) is 0. The van der Waals surface area contributed by atoms with Crippen molar-refractivity contribution in [2.45, 2.75) is 34.1 Å². The number of amides is 2. The summed E-state index contributed by atoms with van der Waals surface area (Å²) in [6.45, 7) is 9.44. The molecule has 21 heavy (non-hydrogen) atoms. The van der Waals surface area contributed by atoms with Crippen LogP contribution in [-0.4, -0.2) is 35.1 Å². The van der Waals surface area contributed by atoms with Crippen LogP contribution in [0.1, 0.15) is 41.1 Å². The molecule has 2 rings (SSSR count). The number of hydrogen-bond acceptors (Lipinski definition) is 3. The first kappa shape index (κ1) is 15.8. The summed E-state index contributed by atoms with van der Waals surface area (Å²) < 4.78 is 0. The predicted octanol–water partition coefficient (Wildman–Crippen LogP) is 3.57. The van der Waals surface area contributed by atoms with Crippen LogP contribution in [0.15, 0.2) is 0 Å². The van der Waals surface area contributed by atoms with E-state index >= 15 is 0 Å². The van der Waals surface area contributed by atoms with E-state index < -0.39 is 5.97 Å². The van der Waals surface area contributed by atoms with Crippen LogP contribution in [-0.2, 0) is 0 Å². The van der Waals surface area contributed by atoms with Gasteiger partial charge in [0.15, 0.2) is 0 Å². The molecule has 2 unspecified atom stereocenters. The molecule has 0 bridgehead atoms. The number of nitrogens with zero attached hydrogens (tertiary/aromatic N) is 1. The van der Waals surface area contributed by atoms with Crippen molar-refractivity contribution >= 4 is 28.3 Å². The lowest BCUT2D eigenvalue weighted by Gasteiger charge is -2.35. The number of aryl methyl sites for hydroxylation is 1. The molecule has 2 N–H and O–H groups in total. The fourth-order valence-electron chi connectivity index (χ4n) is 2.60. The number of carbonyl (C=O) groups excluding carboxylic acids is 1. The molecule has 1 aromatic heterocycles. The monoisotopic (exact) mass is 310 g/mol. The van der Waals surface area contributed by atoms with Gasteiger partial charge in [-0.2, -0.15) is 0 Å². The third-order valence-corrected chi connectivity index (χ3v) is 5.56. The van der Waals surface area contributed by atoms with Gasteiger partial charge in [-0.25, -0.2) is 9.59 Å². The lowest BCUT2D eigenvalue weighted by atomic mass is 9.89. The molecular formula is C15H22N2O3S. The number of piperidine rings is 1. The Kier molecular flexibility index (Phi) is 4.56. The third kappa shape index (κ3) is 3.20. The third-order valence-electron chi connectivity index (χ3n) is 4.44. The molecule has 1 saturated heterocycles. The van der Waals surface area contributed by atoms with Gasteiger partial charge in [-0.1, -0.05) is 13.8 Å². The quantitative estimate of drug-likeness (QED) is 0.877. The van der Waals surface area contributed by atoms with E-state index in [0.29, 0.717) is 16.8 Å². The molecule has 0 aliphatic carbocycles. The second-order valence-corrected chi connectivity index (χ2v) is 7.14. The van der Waals surface area contributed by atoms with Gasteiger partial charge < -0.3 is 10.0 Å². The van der Waals surface area contributed by atoms with Crippen molar-refractivity contribution in [3.05, 3.63) is 16.0 Å². The van der Waals surface area contributed by atoms with E-state index in [-0.39, 0.29) is 11.6 Å². The molecule has 2 amide bonds. The summed E-state index contributed by atoms with van der Waals surface area (Å²) in [5.41, 5.74) is 0.938. The molecule has 0 aromatic carbocycles. The molecule has 1 aromatic rings. The van der Waals surface area contributed by atoms with Crippen LogP contribution in [0.4, 0.5) is 9.80 Å². The highest BCUT2D eigenvalue weighted by atomic mass is 32.1. The average molecular weight is 310 g/mol. The number of anilines is 1. The van der Waals surface area contributed by atoms with Crippen molar-refractivity contribution in [1.82, 2.24) is 4.90 Å². The average Bonchev–Trinajstić information content (AvgIpc) is 2.68. The fraction of sp³-hybridized carbons (Fsp3) is 0.600. The highest BCUT2D eigenvalue weighted by molar-refractivity contribution is 7.16. The van der Waals surface area contributed by atoms with E-state index in [1.165, 1.54) is 11.3 Å². The summed E-state index contributed by atoms with van der Waals surface area (Å²) >= 11 is 1.32. The van der Waals surface area contributed by atoms with Gasteiger partial charge in [0.05, 0.1) is 5.56 Å². The SMILES string of the molecule is Cc1sc(NC(=O)N2CCC(C)C(C)C2)c(C(=O)O)c1C. The first-order chi connectivity index (χ1) is 9.81. The number of nitrogens with one attached hydrogen (secondary N) is 1. The molecule has 2 heterocycles. The van der Waals surface area contributed by atoms with Gasteiger partial charge in [-0.05, 0) is 37.7 Å². The van der Waals surface area contributed by atoms with E-state index in [9.17, 15) is 14.7 Å². The molecule has 116 valence electrons. The highest BCUT2D eigenvalue weighted by Crippen LogP contribution is 2.33. The van der Waals surface area contributed by atoms with Gasteiger partial charge in [-0.15, -0.1) is 11.3 Å². The molecule has 0 spiro atoms. The standard InChI is InChI=1S/C15H22N2O3S/c1-8-5-6-17(7-9(8)2)15(20)16-13-12(14(18)19)10(3)11(4)21-13/h8-9H,5-7H2,1-4H3,(H,16,20)(H,18,19). The molecule has 5 nitrogen and oxygen atoms in total. The lowest BCUT2D eigenvalue weighted by molar-refractivity contribution is 0.0697. The van der Waals surface area contributed by atoms with Gasteiger partial charge in [0.1, 0.15) is 5.00 Å². The Labute approximate surface area is 129 Å². The Morgan fingerprint density at radius 2 is 1.95 bits per heavy atom. The number of carbonyl (C=O) groups is 2. The van der Waals surface area contributed by atoms with Crippen LogP contribution in [0, 0.1) is 25.7 Å².